The molecular weight excluding hydrogens is 391 g/mol. The van der Waals surface area contributed by atoms with E-state index in [4.69, 9.17) is 4.74 Å². The Kier molecular flexibility index (Phi) is 5.50. The van der Waals surface area contributed by atoms with Crippen LogP contribution in [0.5, 0.6) is 0 Å². The van der Waals surface area contributed by atoms with Gasteiger partial charge >= 0.3 is 5.97 Å². The zero-order valence-electron chi connectivity index (χ0n) is 16.5. The van der Waals surface area contributed by atoms with Gasteiger partial charge in [-0.25, -0.2) is 9.37 Å². The van der Waals surface area contributed by atoms with Gasteiger partial charge in [-0.2, -0.15) is 0 Å². The molecule has 0 amide bonds. The quantitative estimate of drug-likeness (QED) is 0.581. The highest BCUT2D eigenvalue weighted by Crippen LogP contribution is 2.35. The Labute approximate surface area is 172 Å². The molecular formula is C22H23FN2O3S. The molecule has 1 aliphatic rings. The number of aryl methyl sites for hydroxylation is 1. The zero-order valence-corrected chi connectivity index (χ0v) is 17.3. The van der Waals surface area contributed by atoms with Gasteiger partial charge in [-0.3, -0.25) is 14.2 Å². The molecule has 152 valence electrons. The van der Waals surface area contributed by atoms with E-state index in [1.807, 2.05) is 6.92 Å². The first-order chi connectivity index (χ1) is 13.9. The lowest BCUT2D eigenvalue weighted by Gasteiger charge is -2.26. The van der Waals surface area contributed by atoms with E-state index in [0.29, 0.717) is 16.1 Å². The molecule has 0 bridgehead atoms. The summed E-state index contributed by atoms with van der Waals surface area (Å²) in [6.07, 6.45) is 5.30. The summed E-state index contributed by atoms with van der Waals surface area (Å²) in [4.78, 5) is 31.5. The van der Waals surface area contributed by atoms with Gasteiger partial charge in [0.25, 0.3) is 5.56 Å². The maximum Gasteiger partial charge on any atom is 0.326 e. The summed E-state index contributed by atoms with van der Waals surface area (Å²) >= 11 is 1.41. The van der Waals surface area contributed by atoms with E-state index in [1.54, 1.807) is 12.1 Å². The van der Waals surface area contributed by atoms with Crippen LogP contribution in [0.3, 0.4) is 0 Å². The van der Waals surface area contributed by atoms with Crippen molar-refractivity contribution in [3.8, 4) is 11.1 Å². The van der Waals surface area contributed by atoms with Gasteiger partial charge in [0.1, 0.15) is 23.3 Å². The first-order valence-corrected chi connectivity index (χ1v) is 10.7. The Morgan fingerprint density at radius 1 is 1.31 bits per heavy atom. The van der Waals surface area contributed by atoms with Crippen LogP contribution in [-0.2, 0) is 16.1 Å². The maximum absolute atomic E-state index is 13.3. The topological polar surface area (TPSA) is 61.2 Å². The van der Waals surface area contributed by atoms with Gasteiger partial charge in [-0.1, -0.05) is 25.5 Å². The van der Waals surface area contributed by atoms with Crippen molar-refractivity contribution < 1.29 is 13.9 Å². The van der Waals surface area contributed by atoms with Gasteiger partial charge < -0.3 is 4.74 Å². The molecule has 0 N–H and O–H groups in total. The van der Waals surface area contributed by atoms with Crippen molar-refractivity contribution in [3.05, 3.63) is 51.6 Å². The first kappa shape index (κ1) is 19.8. The molecule has 2 atom stereocenters. The molecule has 0 radical (unpaired) electrons. The average molecular weight is 415 g/mol. The third-order valence-corrected chi connectivity index (χ3v) is 6.49. The zero-order chi connectivity index (χ0) is 20.5. The normalized spacial score (nSPS) is 19.4. The Morgan fingerprint density at radius 2 is 2.07 bits per heavy atom. The number of ether oxygens (including phenoxy) is 1. The highest BCUT2D eigenvalue weighted by atomic mass is 32.1. The minimum atomic E-state index is -0.414. The van der Waals surface area contributed by atoms with Gasteiger partial charge in [0.15, 0.2) is 0 Å². The molecule has 29 heavy (non-hydrogen) atoms. The molecule has 1 aromatic carbocycles. The van der Waals surface area contributed by atoms with Gasteiger partial charge in [0.05, 0.1) is 11.7 Å². The molecule has 2 aromatic heterocycles. The second kappa shape index (κ2) is 8.06. The average Bonchev–Trinajstić information content (AvgIpc) is 3.01. The molecule has 5 nitrogen and oxygen atoms in total. The van der Waals surface area contributed by atoms with Crippen molar-refractivity contribution in [1.82, 2.24) is 9.55 Å². The van der Waals surface area contributed by atoms with Crippen LogP contribution in [0.2, 0.25) is 0 Å². The predicted octanol–water partition coefficient (Wildman–Crippen LogP) is 4.69. The number of nitrogens with zero attached hydrogens (tertiary/aromatic N) is 2. The van der Waals surface area contributed by atoms with E-state index in [-0.39, 0.29) is 24.0 Å². The lowest BCUT2D eigenvalue weighted by Crippen LogP contribution is -2.30. The largest absolute Gasteiger partial charge is 0.461 e. The fraction of sp³-hybridized carbons (Fsp3) is 0.409. The Balaban J connectivity index is 1.63. The molecule has 0 aliphatic heterocycles. The number of fused-ring (bicyclic) bond motifs is 1. The van der Waals surface area contributed by atoms with Crippen molar-refractivity contribution in [2.24, 2.45) is 5.92 Å². The summed E-state index contributed by atoms with van der Waals surface area (Å²) in [5.74, 6) is -0.196. The molecule has 1 aliphatic carbocycles. The van der Waals surface area contributed by atoms with E-state index in [0.717, 1.165) is 41.7 Å². The summed E-state index contributed by atoms with van der Waals surface area (Å²) in [6.45, 7) is 3.91. The van der Waals surface area contributed by atoms with Crippen LogP contribution < -0.4 is 5.56 Å². The number of esters is 1. The molecule has 1 saturated carbocycles. The fourth-order valence-electron chi connectivity index (χ4n) is 4.06. The smallest absolute Gasteiger partial charge is 0.326 e. The van der Waals surface area contributed by atoms with Gasteiger partial charge in [-0.15, -0.1) is 11.3 Å². The van der Waals surface area contributed by atoms with E-state index in [9.17, 15) is 14.0 Å². The van der Waals surface area contributed by atoms with Crippen LogP contribution >= 0.6 is 11.3 Å². The summed E-state index contributed by atoms with van der Waals surface area (Å²) in [5.41, 5.74) is 1.21. The Bertz CT molecular complexity index is 1100. The van der Waals surface area contributed by atoms with E-state index in [1.165, 1.54) is 34.4 Å². The Morgan fingerprint density at radius 3 is 2.79 bits per heavy atom. The third kappa shape index (κ3) is 4.10. The van der Waals surface area contributed by atoms with Crippen LogP contribution in [0.1, 0.15) is 37.5 Å². The third-order valence-electron chi connectivity index (χ3n) is 5.47. The van der Waals surface area contributed by atoms with Crippen molar-refractivity contribution in [2.45, 2.75) is 52.2 Å². The lowest BCUT2D eigenvalue weighted by molar-refractivity contribution is -0.152. The molecule has 4 rings (SSSR count). The second-order valence-electron chi connectivity index (χ2n) is 7.78. The van der Waals surface area contributed by atoms with Gasteiger partial charge in [0.2, 0.25) is 0 Å². The van der Waals surface area contributed by atoms with Crippen molar-refractivity contribution in [3.63, 3.8) is 0 Å². The minimum Gasteiger partial charge on any atom is -0.461 e. The SMILES string of the molecule is Cc1sc2ncn(CC(=O)OC3CCCC(C)C3)c(=O)c2c1-c1ccc(F)cc1. The number of hydrogen-bond acceptors (Lipinski definition) is 5. The van der Waals surface area contributed by atoms with Crippen molar-refractivity contribution in [2.75, 3.05) is 0 Å². The standard InChI is InChI=1S/C22H23FN2O3S/c1-13-4-3-5-17(10-13)28-18(26)11-25-12-24-21-20(22(25)27)19(14(2)29-21)15-6-8-16(23)9-7-15/h6-9,12-13,17H,3-5,10-11H2,1-2H3. The predicted molar refractivity (Wildman–Crippen MR) is 112 cm³/mol. The number of aromatic nitrogens is 2. The molecule has 2 heterocycles. The minimum absolute atomic E-state index is 0.0724. The number of carbonyl (C=O) groups is 1. The van der Waals surface area contributed by atoms with Crippen LogP contribution in [0.15, 0.2) is 35.4 Å². The molecule has 0 spiro atoms. The number of hydrogen-bond donors (Lipinski definition) is 0. The number of carbonyl (C=O) groups excluding carboxylic acids is 1. The van der Waals surface area contributed by atoms with Crippen LogP contribution in [0.4, 0.5) is 4.39 Å². The van der Waals surface area contributed by atoms with E-state index in [2.05, 4.69) is 11.9 Å². The number of rotatable bonds is 4. The van der Waals surface area contributed by atoms with E-state index >= 15 is 0 Å². The van der Waals surface area contributed by atoms with Gasteiger partial charge in [-0.05, 0) is 49.8 Å². The number of halogens is 1. The molecule has 1 fully saturated rings. The van der Waals surface area contributed by atoms with Crippen molar-refractivity contribution >= 4 is 27.5 Å². The lowest BCUT2D eigenvalue weighted by atomic mass is 9.89. The second-order valence-corrected chi connectivity index (χ2v) is 8.98. The van der Waals surface area contributed by atoms with Gasteiger partial charge in [0, 0.05) is 10.4 Å². The molecule has 2 unspecified atom stereocenters. The number of benzene rings is 1. The highest BCUT2D eigenvalue weighted by molar-refractivity contribution is 7.19. The molecule has 7 heteroatoms. The van der Waals surface area contributed by atoms with Crippen LogP contribution in [0, 0.1) is 18.7 Å². The highest BCUT2D eigenvalue weighted by Gasteiger charge is 2.23. The molecule has 0 saturated heterocycles. The maximum atomic E-state index is 13.3. The monoisotopic (exact) mass is 414 g/mol. The van der Waals surface area contributed by atoms with Crippen LogP contribution in [0.25, 0.3) is 21.3 Å². The summed E-state index contributed by atoms with van der Waals surface area (Å²) < 4.78 is 20.2. The first-order valence-electron chi connectivity index (χ1n) is 9.86. The van der Waals surface area contributed by atoms with E-state index < -0.39 is 5.97 Å². The summed E-state index contributed by atoms with van der Waals surface area (Å²) in [6, 6.07) is 6.05. The van der Waals surface area contributed by atoms with Crippen LogP contribution in [-0.4, -0.2) is 21.6 Å². The molecule has 3 aromatic rings. The number of thiophene rings is 1. The Hall–Kier alpha value is -2.54. The summed E-state index contributed by atoms with van der Waals surface area (Å²) in [5, 5.41) is 0.459. The van der Waals surface area contributed by atoms with Crippen molar-refractivity contribution in [1.29, 1.82) is 0 Å². The summed E-state index contributed by atoms with van der Waals surface area (Å²) in [7, 11) is 0. The fourth-order valence-corrected chi connectivity index (χ4v) is 5.07.